The number of nitrogens with one attached hydrogen (secondary N) is 2. The van der Waals surface area contributed by atoms with Crippen LogP contribution in [-0.4, -0.2) is 38.4 Å². The molecule has 2 heterocycles. The highest BCUT2D eigenvalue weighted by Crippen LogP contribution is 2.34. The fraction of sp³-hybridized carbons (Fsp3) is 0.800. The largest absolute Gasteiger partial charge is 0.393 e. The molecule has 1 amide bonds. The lowest BCUT2D eigenvalue weighted by Gasteiger charge is -2.26. The Balaban J connectivity index is 1.98. The van der Waals surface area contributed by atoms with Crippen LogP contribution < -0.4 is 10.6 Å². The second kappa shape index (κ2) is 6.70. The standard InChI is InChI=1S/C15H24F3N5O/c1-9(13(24)20-14(2,3)4)19-7-12-22-21-11-6-5-10(8-23(11)12)15(16,17)18/h9-10,19H,5-8H2,1-4H3,(H,20,24)/t9-,10+/m1/s1. The number of rotatable bonds is 4. The van der Waals surface area contributed by atoms with Crippen LogP contribution in [-0.2, 0) is 24.3 Å². The van der Waals surface area contributed by atoms with Gasteiger partial charge < -0.3 is 9.88 Å². The van der Waals surface area contributed by atoms with Crippen molar-refractivity contribution in [2.45, 2.75) is 71.4 Å². The van der Waals surface area contributed by atoms with Crippen molar-refractivity contribution in [3.8, 4) is 0 Å². The van der Waals surface area contributed by atoms with E-state index < -0.39 is 18.1 Å². The SMILES string of the molecule is C[C@@H](NCc1nnc2n1C[C@@H](C(F)(F)F)CC2)C(=O)NC(C)(C)C. The molecular formula is C15H24F3N5O. The van der Waals surface area contributed by atoms with Gasteiger partial charge in [-0.15, -0.1) is 10.2 Å². The molecule has 1 aromatic heterocycles. The third kappa shape index (κ3) is 4.68. The molecule has 2 rings (SSSR count). The van der Waals surface area contributed by atoms with Crippen molar-refractivity contribution >= 4 is 5.91 Å². The molecule has 0 aliphatic carbocycles. The summed E-state index contributed by atoms with van der Waals surface area (Å²) in [5.74, 6) is -0.552. The first-order valence-corrected chi connectivity index (χ1v) is 8.00. The van der Waals surface area contributed by atoms with Crippen molar-refractivity contribution in [2.75, 3.05) is 0 Å². The molecule has 0 saturated heterocycles. The highest BCUT2D eigenvalue weighted by atomic mass is 19.4. The maximum atomic E-state index is 12.9. The van der Waals surface area contributed by atoms with E-state index in [-0.39, 0.29) is 37.4 Å². The van der Waals surface area contributed by atoms with Crippen LogP contribution in [0, 0.1) is 5.92 Å². The first-order valence-electron chi connectivity index (χ1n) is 8.00. The number of hydrogen-bond donors (Lipinski definition) is 2. The summed E-state index contributed by atoms with van der Waals surface area (Å²) >= 11 is 0. The van der Waals surface area contributed by atoms with E-state index in [0.717, 1.165) is 0 Å². The van der Waals surface area contributed by atoms with Crippen molar-refractivity contribution in [2.24, 2.45) is 5.92 Å². The molecule has 136 valence electrons. The first kappa shape index (κ1) is 18.7. The molecule has 6 nitrogen and oxygen atoms in total. The van der Waals surface area contributed by atoms with E-state index in [1.165, 1.54) is 4.57 Å². The fourth-order valence-electron chi connectivity index (χ4n) is 2.60. The predicted octanol–water partition coefficient (Wildman–Crippen LogP) is 1.80. The highest BCUT2D eigenvalue weighted by Gasteiger charge is 2.42. The maximum Gasteiger partial charge on any atom is 0.393 e. The number of amides is 1. The number of hydrogen-bond acceptors (Lipinski definition) is 4. The van der Waals surface area contributed by atoms with Gasteiger partial charge in [0.05, 0.1) is 18.5 Å². The van der Waals surface area contributed by atoms with Crippen LogP contribution in [0.1, 0.15) is 45.8 Å². The zero-order chi connectivity index (χ0) is 18.1. The van der Waals surface area contributed by atoms with Gasteiger partial charge in [-0.25, -0.2) is 0 Å². The topological polar surface area (TPSA) is 71.8 Å². The number of carbonyl (C=O) groups excluding carboxylic acids is 1. The van der Waals surface area contributed by atoms with Crippen LogP contribution in [0.15, 0.2) is 0 Å². The van der Waals surface area contributed by atoms with Gasteiger partial charge in [-0.05, 0) is 34.1 Å². The Morgan fingerprint density at radius 1 is 1.33 bits per heavy atom. The van der Waals surface area contributed by atoms with E-state index in [1.807, 2.05) is 20.8 Å². The van der Waals surface area contributed by atoms with E-state index >= 15 is 0 Å². The van der Waals surface area contributed by atoms with Gasteiger partial charge in [-0.1, -0.05) is 0 Å². The van der Waals surface area contributed by atoms with E-state index in [2.05, 4.69) is 20.8 Å². The lowest BCUT2D eigenvalue weighted by molar-refractivity contribution is -0.182. The van der Waals surface area contributed by atoms with Crippen molar-refractivity contribution in [3.05, 3.63) is 11.6 Å². The average Bonchev–Trinajstić information content (AvgIpc) is 2.84. The number of halogens is 3. The Bertz CT molecular complexity index is 591. The third-order valence-electron chi connectivity index (χ3n) is 3.94. The van der Waals surface area contributed by atoms with Crippen LogP contribution in [0.2, 0.25) is 0 Å². The quantitative estimate of drug-likeness (QED) is 0.871. The normalized spacial score (nSPS) is 19.7. The smallest absolute Gasteiger partial charge is 0.350 e. The maximum absolute atomic E-state index is 12.9. The fourth-order valence-corrected chi connectivity index (χ4v) is 2.60. The number of nitrogens with zero attached hydrogens (tertiary/aromatic N) is 3. The first-order chi connectivity index (χ1) is 11.0. The number of alkyl halides is 3. The van der Waals surface area contributed by atoms with E-state index in [9.17, 15) is 18.0 Å². The Morgan fingerprint density at radius 2 is 2.00 bits per heavy atom. The highest BCUT2D eigenvalue weighted by molar-refractivity contribution is 5.81. The monoisotopic (exact) mass is 347 g/mol. The average molecular weight is 347 g/mol. The van der Waals surface area contributed by atoms with Gasteiger partial charge in [0.1, 0.15) is 11.6 Å². The van der Waals surface area contributed by atoms with Crippen LogP contribution in [0.3, 0.4) is 0 Å². The molecule has 1 aliphatic heterocycles. The molecule has 1 aromatic rings. The van der Waals surface area contributed by atoms with E-state index in [4.69, 9.17) is 0 Å². The minimum Gasteiger partial charge on any atom is -0.350 e. The minimum atomic E-state index is -4.22. The molecule has 24 heavy (non-hydrogen) atoms. The molecular weight excluding hydrogens is 323 g/mol. The van der Waals surface area contributed by atoms with Gasteiger partial charge in [0.2, 0.25) is 5.91 Å². The summed E-state index contributed by atoms with van der Waals surface area (Å²) < 4.78 is 40.3. The van der Waals surface area contributed by atoms with Gasteiger partial charge in [0.25, 0.3) is 0 Å². The third-order valence-corrected chi connectivity index (χ3v) is 3.94. The summed E-state index contributed by atoms with van der Waals surface area (Å²) in [6.07, 6.45) is -3.91. The summed E-state index contributed by atoms with van der Waals surface area (Å²) in [4.78, 5) is 12.0. The zero-order valence-electron chi connectivity index (χ0n) is 14.4. The van der Waals surface area contributed by atoms with Crippen LogP contribution in [0.5, 0.6) is 0 Å². The molecule has 0 saturated carbocycles. The van der Waals surface area contributed by atoms with Gasteiger partial charge in [-0.2, -0.15) is 13.2 Å². The number of carbonyl (C=O) groups is 1. The second-order valence-corrected chi connectivity index (χ2v) is 7.26. The molecule has 2 N–H and O–H groups in total. The van der Waals surface area contributed by atoms with E-state index in [0.29, 0.717) is 11.6 Å². The van der Waals surface area contributed by atoms with Gasteiger partial charge in [0, 0.05) is 18.5 Å². The minimum absolute atomic E-state index is 0.0411. The Kier molecular flexibility index (Phi) is 5.22. The van der Waals surface area contributed by atoms with Gasteiger partial charge in [0.15, 0.2) is 0 Å². The van der Waals surface area contributed by atoms with Crippen LogP contribution in [0.4, 0.5) is 13.2 Å². The molecule has 0 spiro atoms. The summed E-state index contributed by atoms with van der Waals surface area (Å²) in [6.45, 7) is 7.37. The van der Waals surface area contributed by atoms with Crippen molar-refractivity contribution in [1.82, 2.24) is 25.4 Å². The Morgan fingerprint density at radius 3 is 2.58 bits per heavy atom. The van der Waals surface area contributed by atoms with Crippen LogP contribution in [0.25, 0.3) is 0 Å². The van der Waals surface area contributed by atoms with Crippen molar-refractivity contribution < 1.29 is 18.0 Å². The molecule has 0 unspecified atom stereocenters. The lowest BCUT2D eigenvalue weighted by Crippen LogP contribution is -2.49. The van der Waals surface area contributed by atoms with E-state index in [1.54, 1.807) is 6.92 Å². The van der Waals surface area contributed by atoms with Crippen molar-refractivity contribution in [3.63, 3.8) is 0 Å². The lowest BCUT2D eigenvalue weighted by atomic mass is 9.99. The second-order valence-electron chi connectivity index (χ2n) is 7.26. The molecule has 1 aliphatic rings. The number of fused-ring (bicyclic) bond motifs is 1. The molecule has 9 heteroatoms. The Labute approximate surface area is 139 Å². The van der Waals surface area contributed by atoms with Crippen LogP contribution >= 0.6 is 0 Å². The number of aromatic nitrogens is 3. The Hall–Kier alpha value is -1.64. The summed E-state index contributed by atoms with van der Waals surface area (Å²) in [6, 6.07) is -0.487. The number of aryl methyl sites for hydroxylation is 1. The zero-order valence-corrected chi connectivity index (χ0v) is 14.4. The molecule has 0 aromatic carbocycles. The molecule has 0 fully saturated rings. The van der Waals surface area contributed by atoms with Gasteiger partial charge >= 0.3 is 6.18 Å². The summed E-state index contributed by atoms with van der Waals surface area (Å²) in [5, 5.41) is 13.8. The summed E-state index contributed by atoms with van der Waals surface area (Å²) in [7, 11) is 0. The molecule has 2 atom stereocenters. The summed E-state index contributed by atoms with van der Waals surface area (Å²) in [5.41, 5.74) is -0.346. The molecule has 0 radical (unpaired) electrons. The van der Waals surface area contributed by atoms with Gasteiger partial charge in [-0.3, -0.25) is 10.1 Å². The molecule has 0 bridgehead atoms. The van der Waals surface area contributed by atoms with Crippen molar-refractivity contribution in [1.29, 1.82) is 0 Å². The predicted molar refractivity (Wildman–Crippen MR) is 82.1 cm³/mol.